The average Bonchev–Trinajstić information content (AvgIpc) is 2.86. The first kappa shape index (κ1) is 14.6. The van der Waals surface area contributed by atoms with Crippen LogP contribution in [0.2, 0.25) is 0 Å². The predicted molar refractivity (Wildman–Crippen MR) is 90.1 cm³/mol. The van der Waals surface area contributed by atoms with Gasteiger partial charge in [-0.3, -0.25) is 4.79 Å². The first-order chi connectivity index (χ1) is 10.5. The molecule has 0 aliphatic rings. The van der Waals surface area contributed by atoms with Gasteiger partial charge in [0.25, 0.3) is 0 Å². The third-order valence-electron chi connectivity index (χ3n) is 3.55. The smallest absolute Gasteiger partial charge is 0.323 e. The topological polar surface area (TPSA) is 77.8 Å². The van der Waals surface area contributed by atoms with Crippen molar-refractivity contribution in [1.29, 1.82) is 0 Å². The lowest BCUT2D eigenvalue weighted by molar-refractivity contribution is -0.117. The van der Waals surface area contributed by atoms with E-state index in [-0.39, 0.29) is 17.5 Å². The predicted octanol–water partition coefficient (Wildman–Crippen LogP) is 3.36. The highest BCUT2D eigenvalue weighted by molar-refractivity contribution is 9.10. The Labute approximate surface area is 134 Å². The second-order valence-corrected chi connectivity index (χ2v) is 5.93. The summed E-state index contributed by atoms with van der Waals surface area (Å²) in [6.45, 7) is 1.86. The zero-order valence-corrected chi connectivity index (χ0v) is 13.4. The minimum absolute atomic E-state index is 0.107. The van der Waals surface area contributed by atoms with Gasteiger partial charge in [-0.1, -0.05) is 30.3 Å². The molecule has 3 N–H and O–H groups in total. The largest absolute Gasteiger partial charge is 0.324 e. The third kappa shape index (κ3) is 2.82. The first-order valence-electron chi connectivity index (χ1n) is 6.82. The lowest BCUT2D eigenvalue weighted by atomic mass is 10.0. The van der Waals surface area contributed by atoms with Crippen molar-refractivity contribution in [3.05, 3.63) is 63.0 Å². The summed E-state index contributed by atoms with van der Waals surface area (Å²) < 4.78 is 0.712. The van der Waals surface area contributed by atoms with Crippen LogP contribution in [0.1, 0.15) is 18.4 Å². The molecule has 0 saturated carbocycles. The quantitative estimate of drug-likeness (QED) is 0.670. The third-order valence-corrected chi connectivity index (χ3v) is 4.21. The van der Waals surface area contributed by atoms with Gasteiger partial charge in [0.15, 0.2) is 0 Å². The Morgan fingerprint density at radius 2 is 1.77 bits per heavy atom. The fourth-order valence-corrected chi connectivity index (χ4v) is 2.73. The minimum atomic E-state index is -0.275. The minimum Gasteiger partial charge on any atom is -0.324 e. The molecule has 0 fully saturated rings. The number of nitrogens with one attached hydrogen (secondary N) is 3. The number of halogens is 1. The molecule has 22 heavy (non-hydrogen) atoms. The van der Waals surface area contributed by atoms with Crippen molar-refractivity contribution >= 4 is 38.6 Å². The zero-order chi connectivity index (χ0) is 15.7. The number of aromatic nitrogens is 2. The summed E-state index contributed by atoms with van der Waals surface area (Å²) in [7, 11) is 0. The van der Waals surface area contributed by atoms with Gasteiger partial charge in [-0.2, -0.15) is 0 Å². The van der Waals surface area contributed by atoms with Crippen molar-refractivity contribution in [2.45, 2.75) is 12.8 Å². The van der Waals surface area contributed by atoms with Crippen LogP contribution in [0.3, 0.4) is 0 Å². The van der Waals surface area contributed by atoms with E-state index >= 15 is 0 Å². The molecule has 1 amide bonds. The Morgan fingerprint density at radius 3 is 2.45 bits per heavy atom. The molecular formula is C16H14BrN3O2. The number of H-pyrrole nitrogens is 2. The molecule has 5 nitrogen and oxygen atoms in total. The highest BCUT2D eigenvalue weighted by atomic mass is 79.9. The van der Waals surface area contributed by atoms with Gasteiger partial charge in [0.1, 0.15) is 0 Å². The van der Waals surface area contributed by atoms with E-state index in [9.17, 15) is 9.59 Å². The number of amides is 1. The van der Waals surface area contributed by atoms with Crippen LogP contribution in [0.4, 0.5) is 5.69 Å². The molecule has 1 aromatic heterocycles. The number of anilines is 1. The molecule has 1 heterocycles. The summed E-state index contributed by atoms with van der Waals surface area (Å²) in [5.41, 5.74) is 2.63. The number of carbonyl (C=O) groups is 1. The number of carbonyl (C=O) groups excluding carboxylic acids is 1. The first-order valence-corrected chi connectivity index (χ1v) is 7.61. The molecule has 0 bridgehead atoms. The van der Waals surface area contributed by atoms with Crippen molar-refractivity contribution in [1.82, 2.24) is 9.97 Å². The fraction of sp³-hybridized carbons (Fsp3) is 0.125. The van der Waals surface area contributed by atoms with Crippen molar-refractivity contribution in [2.75, 3.05) is 5.32 Å². The van der Waals surface area contributed by atoms with E-state index in [1.807, 2.05) is 37.3 Å². The Bertz CT molecular complexity index is 883. The van der Waals surface area contributed by atoms with Gasteiger partial charge < -0.3 is 15.3 Å². The monoisotopic (exact) mass is 359 g/mol. The number of aromatic amines is 2. The van der Waals surface area contributed by atoms with E-state index in [1.165, 1.54) is 0 Å². The van der Waals surface area contributed by atoms with E-state index in [0.717, 1.165) is 5.56 Å². The standard InChI is InChI=1S/C16H14BrN3O2/c1-9(10-5-3-2-4-6-10)15(21)18-12-8-14-13(7-11(12)17)19-16(22)20-14/h2-9H,1H3,(H,18,21)(H2,19,20,22)/t9-/m0/s1. The van der Waals surface area contributed by atoms with Gasteiger partial charge in [-0.25, -0.2) is 4.79 Å². The number of rotatable bonds is 3. The molecule has 0 unspecified atom stereocenters. The van der Waals surface area contributed by atoms with Crippen LogP contribution >= 0.6 is 15.9 Å². The van der Waals surface area contributed by atoms with Crippen molar-refractivity contribution in [2.24, 2.45) is 0 Å². The molecule has 3 aromatic rings. The van der Waals surface area contributed by atoms with Crippen molar-refractivity contribution in [3.63, 3.8) is 0 Å². The molecule has 3 rings (SSSR count). The van der Waals surface area contributed by atoms with Crippen molar-refractivity contribution in [3.8, 4) is 0 Å². The van der Waals surface area contributed by atoms with Crippen LogP contribution in [0.5, 0.6) is 0 Å². The van der Waals surface area contributed by atoms with E-state index < -0.39 is 0 Å². The van der Waals surface area contributed by atoms with Gasteiger partial charge in [-0.15, -0.1) is 0 Å². The molecule has 0 aliphatic carbocycles. The molecule has 0 aliphatic heterocycles. The number of fused-ring (bicyclic) bond motifs is 1. The molecular weight excluding hydrogens is 346 g/mol. The second kappa shape index (κ2) is 5.81. The average molecular weight is 360 g/mol. The highest BCUT2D eigenvalue weighted by Crippen LogP contribution is 2.27. The maximum Gasteiger partial charge on any atom is 0.323 e. The number of hydrogen-bond acceptors (Lipinski definition) is 2. The summed E-state index contributed by atoms with van der Waals surface area (Å²) in [5.74, 6) is -0.377. The molecule has 0 radical (unpaired) electrons. The SMILES string of the molecule is C[C@H](C(=O)Nc1cc2[nH]c(=O)[nH]c2cc1Br)c1ccccc1. The lowest BCUT2D eigenvalue weighted by Gasteiger charge is -2.13. The molecule has 0 spiro atoms. The summed E-state index contributed by atoms with van der Waals surface area (Å²) in [5, 5.41) is 2.89. The molecule has 1 atom stereocenters. The van der Waals surface area contributed by atoms with Crippen molar-refractivity contribution < 1.29 is 4.79 Å². The van der Waals surface area contributed by atoms with Gasteiger partial charge in [-0.05, 0) is 40.5 Å². The fourth-order valence-electron chi connectivity index (χ4n) is 2.29. The van der Waals surface area contributed by atoms with Crippen LogP contribution in [-0.4, -0.2) is 15.9 Å². The second-order valence-electron chi connectivity index (χ2n) is 5.08. The highest BCUT2D eigenvalue weighted by Gasteiger charge is 2.16. The van der Waals surface area contributed by atoms with Gasteiger partial charge >= 0.3 is 5.69 Å². The van der Waals surface area contributed by atoms with Crippen LogP contribution in [0.15, 0.2) is 51.7 Å². The zero-order valence-electron chi connectivity index (χ0n) is 11.8. The molecule has 2 aromatic carbocycles. The molecule has 6 heteroatoms. The summed E-state index contributed by atoms with van der Waals surface area (Å²) in [6.07, 6.45) is 0. The summed E-state index contributed by atoms with van der Waals surface area (Å²) in [6, 6.07) is 13.1. The Hall–Kier alpha value is -2.34. The van der Waals surface area contributed by atoms with Gasteiger partial charge in [0.05, 0.1) is 22.6 Å². The Kier molecular flexibility index (Phi) is 3.85. The summed E-state index contributed by atoms with van der Waals surface area (Å²) >= 11 is 3.41. The number of hydrogen-bond donors (Lipinski definition) is 3. The van der Waals surface area contributed by atoms with Crippen LogP contribution < -0.4 is 11.0 Å². The molecule has 112 valence electrons. The van der Waals surface area contributed by atoms with Crippen LogP contribution in [0, 0.1) is 0 Å². The molecule has 0 saturated heterocycles. The maximum absolute atomic E-state index is 12.4. The van der Waals surface area contributed by atoms with Gasteiger partial charge in [0.2, 0.25) is 5.91 Å². The normalized spacial score (nSPS) is 12.3. The van der Waals surface area contributed by atoms with Crippen LogP contribution in [0.25, 0.3) is 11.0 Å². The van der Waals surface area contributed by atoms with E-state index in [2.05, 4.69) is 31.2 Å². The van der Waals surface area contributed by atoms with E-state index in [1.54, 1.807) is 12.1 Å². The number of imidazole rings is 1. The lowest BCUT2D eigenvalue weighted by Crippen LogP contribution is -2.19. The Balaban J connectivity index is 1.87. The maximum atomic E-state index is 12.4. The van der Waals surface area contributed by atoms with Crippen LogP contribution in [-0.2, 0) is 4.79 Å². The van der Waals surface area contributed by atoms with E-state index in [0.29, 0.717) is 21.2 Å². The van der Waals surface area contributed by atoms with E-state index in [4.69, 9.17) is 0 Å². The Morgan fingerprint density at radius 1 is 1.14 bits per heavy atom. The van der Waals surface area contributed by atoms with Gasteiger partial charge in [0, 0.05) is 4.47 Å². The number of benzene rings is 2. The summed E-state index contributed by atoms with van der Waals surface area (Å²) in [4.78, 5) is 29.1.